The largest absolute Gasteiger partial charge is 0.497 e. The number of aromatic nitrogens is 2. The van der Waals surface area contributed by atoms with Crippen LogP contribution in [0.5, 0.6) is 11.5 Å². The summed E-state index contributed by atoms with van der Waals surface area (Å²) in [6.45, 7) is 0.940. The Bertz CT molecular complexity index is 963. The van der Waals surface area contributed by atoms with Crippen LogP contribution < -0.4 is 20.5 Å². The number of hydrogen-bond acceptors (Lipinski definition) is 5. The van der Waals surface area contributed by atoms with Crippen LogP contribution in [-0.2, 0) is 0 Å². The van der Waals surface area contributed by atoms with Gasteiger partial charge in [-0.1, -0.05) is 6.07 Å². The molecule has 0 fully saturated rings. The third kappa shape index (κ3) is 2.83. The SMILES string of the molecule is COc1ccc(-n2cc(-c3ccc4c(c3)C(=O)NCCO4)c(N)n2)cc1. The van der Waals surface area contributed by atoms with Crippen molar-refractivity contribution in [3.05, 3.63) is 54.2 Å². The summed E-state index contributed by atoms with van der Waals surface area (Å²) in [4.78, 5) is 12.2. The van der Waals surface area contributed by atoms with Crippen LogP contribution in [0.15, 0.2) is 48.7 Å². The highest BCUT2D eigenvalue weighted by atomic mass is 16.5. The van der Waals surface area contributed by atoms with Gasteiger partial charge in [-0.2, -0.15) is 5.10 Å². The Morgan fingerprint density at radius 1 is 1.19 bits per heavy atom. The monoisotopic (exact) mass is 350 g/mol. The van der Waals surface area contributed by atoms with Gasteiger partial charge in [-0.3, -0.25) is 4.79 Å². The molecule has 2 aromatic carbocycles. The highest BCUT2D eigenvalue weighted by molar-refractivity contribution is 5.98. The molecule has 1 amide bonds. The summed E-state index contributed by atoms with van der Waals surface area (Å²) in [5.41, 5.74) is 9.04. The fourth-order valence-electron chi connectivity index (χ4n) is 2.90. The van der Waals surface area contributed by atoms with Crippen LogP contribution in [0.4, 0.5) is 5.82 Å². The number of carbonyl (C=O) groups excluding carboxylic acids is 1. The molecule has 1 aliphatic rings. The molecule has 0 spiro atoms. The number of hydrogen-bond donors (Lipinski definition) is 2. The van der Waals surface area contributed by atoms with Crippen molar-refractivity contribution in [3.63, 3.8) is 0 Å². The number of ether oxygens (including phenoxy) is 2. The number of carbonyl (C=O) groups is 1. The third-order valence-corrected chi connectivity index (χ3v) is 4.26. The zero-order valence-electron chi connectivity index (χ0n) is 14.2. The molecule has 3 N–H and O–H groups in total. The number of methoxy groups -OCH3 is 1. The second kappa shape index (κ2) is 6.44. The average Bonchev–Trinajstić information content (AvgIpc) is 2.96. The first kappa shape index (κ1) is 16.0. The van der Waals surface area contributed by atoms with Gasteiger partial charge in [0.2, 0.25) is 0 Å². The second-order valence-electron chi connectivity index (χ2n) is 5.89. The van der Waals surface area contributed by atoms with Gasteiger partial charge < -0.3 is 20.5 Å². The second-order valence-corrected chi connectivity index (χ2v) is 5.89. The van der Waals surface area contributed by atoms with E-state index >= 15 is 0 Å². The summed E-state index contributed by atoms with van der Waals surface area (Å²) in [7, 11) is 1.62. The minimum absolute atomic E-state index is 0.152. The van der Waals surface area contributed by atoms with Crippen molar-refractivity contribution in [1.29, 1.82) is 0 Å². The molecule has 4 rings (SSSR count). The highest BCUT2D eigenvalue weighted by Crippen LogP contribution is 2.31. The Labute approximate surface area is 150 Å². The van der Waals surface area contributed by atoms with Gasteiger partial charge in [0.15, 0.2) is 5.82 Å². The van der Waals surface area contributed by atoms with Gasteiger partial charge in [0, 0.05) is 11.8 Å². The molecular weight excluding hydrogens is 332 g/mol. The van der Waals surface area contributed by atoms with Crippen molar-refractivity contribution in [2.75, 3.05) is 26.0 Å². The summed E-state index contributed by atoms with van der Waals surface area (Å²) >= 11 is 0. The predicted octanol–water partition coefficient (Wildman–Crippen LogP) is 2.25. The number of rotatable bonds is 3. The molecule has 0 radical (unpaired) electrons. The number of nitrogen functional groups attached to an aromatic ring is 1. The first-order valence-electron chi connectivity index (χ1n) is 8.21. The number of nitrogens with zero attached hydrogens (tertiary/aromatic N) is 2. The lowest BCUT2D eigenvalue weighted by Crippen LogP contribution is -2.24. The standard InChI is InChI=1S/C19H18N4O3/c1-25-14-5-3-13(4-6-14)23-11-16(18(20)22-23)12-2-7-17-15(10-12)19(24)21-8-9-26-17/h2-7,10-11H,8-9H2,1H3,(H2,20,22)(H,21,24). The predicted molar refractivity (Wildman–Crippen MR) is 97.8 cm³/mol. The van der Waals surface area contributed by atoms with Gasteiger partial charge in [-0.05, 0) is 42.0 Å². The lowest BCUT2D eigenvalue weighted by atomic mass is 10.0. The molecule has 2 heterocycles. The topological polar surface area (TPSA) is 91.4 Å². The van der Waals surface area contributed by atoms with Crippen LogP contribution in [0, 0.1) is 0 Å². The lowest BCUT2D eigenvalue weighted by molar-refractivity contribution is 0.0957. The maximum atomic E-state index is 12.2. The van der Waals surface area contributed by atoms with Crippen molar-refractivity contribution < 1.29 is 14.3 Å². The Morgan fingerprint density at radius 3 is 2.77 bits per heavy atom. The van der Waals surface area contributed by atoms with Crippen LogP contribution in [0.2, 0.25) is 0 Å². The third-order valence-electron chi connectivity index (χ3n) is 4.26. The minimum Gasteiger partial charge on any atom is -0.497 e. The molecule has 0 atom stereocenters. The molecule has 3 aromatic rings. The van der Waals surface area contributed by atoms with E-state index in [1.54, 1.807) is 23.9 Å². The quantitative estimate of drug-likeness (QED) is 0.756. The first-order valence-corrected chi connectivity index (χ1v) is 8.21. The average molecular weight is 350 g/mol. The van der Waals surface area contributed by atoms with Gasteiger partial charge in [0.1, 0.15) is 18.1 Å². The summed E-state index contributed by atoms with van der Waals surface area (Å²) < 4.78 is 12.5. The van der Waals surface area contributed by atoms with Gasteiger partial charge in [0.05, 0.1) is 24.9 Å². The van der Waals surface area contributed by atoms with Gasteiger partial charge >= 0.3 is 0 Å². The van der Waals surface area contributed by atoms with E-state index in [4.69, 9.17) is 15.2 Å². The lowest BCUT2D eigenvalue weighted by Gasteiger charge is -2.07. The molecule has 1 aliphatic heterocycles. The number of amides is 1. The molecule has 0 aliphatic carbocycles. The smallest absolute Gasteiger partial charge is 0.255 e. The van der Waals surface area contributed by atoms with Crippen molar-refractivity contribution in [1.82, 2.24) is 15.1 Å². The highest BCUT2D eigenvalue weighted by Gasteiger charge is 2.18. The Hall–Kier alpha value is -3.48. The molecular formula is C19H18N4O3. The van der Waals surface area contributed by atoms with Crippen LogP contribution in [0.25, 0.3) is 16.8 Å². The zero-order valence-corrected chi connectivity index (χ0v) is 14.2. The van der Waals surface area contributed by atoms with Crippen LogP contribution in [0.1, 0.15) is 10.4 Å². The molecule has 0 unspecified atom stereocenters. The van der Waals surface area contributed by atoms with Crippen molar-refractivity contribution >= 4 is 11.7 Å². The van der Waals surface area contributed by atoms with Crippen LogP contribution >= 0.6 is 0 Å². The van der Waals surface area contributed by atoms with E-state index in [0.717, 1.165) is 22.6 Å². The Balaban J connectivity index is 1.72. The molecule has 1 aromatic heterocycles. The number of fused-ring (bicyclic) bond motifs is 1. The molecule has 0 saturated carbocycles. The van der Waals surface area contributed by atoms with Crippen LogP contribution in [0.3, 0.4) is 0 Å². The summed E-state index contributed by atoms with van der Waals surface area (Å²) in [6.07, 6.45) is 1.84. The molecule has 7 heteroatoms. The fraction of sp³-hybridized carbons (Fsp3) is 0.158. The summed E-state index contributed by atoms with van der Waals surface area (Å²) in [6, 6.07) is 13.0. The molecule has 26 heavy (non-hydrogen) atoms. The maximum absolute atomic E-state index is 12.2. The van der Waals surface area contributed by atoms with E-state index in [-0.39, 0.29) is 5.91 Å². The van der Waals surface area contributed by atoms with E-state index in [0.29, 0.717) is 30.3 Å². The minimum atomic E-state index is -0.152. The van der Waals surface area contributed by atoms with Gasteiger partial charge in [-0.25, -0.2) is 4.68 Å². The van der Waals surface area contributed by atoms with E-state index in [2.05, 4.69) is 10.4 Å². The zero-order chi connectivity index (χ0) is 18.1. The van der Waals surface area contributed by atoms with E-state index in [1.165, 1.54) is 0 Å². The van der Waals surface area contributed by atoms with Gasteiger partial charge in [0.25, 0.3) is 5.91 Å². The van der Waals surface area contributed by atoms with E-state index < -0.39 is 0 Å². The number of nitrogens with one attached hydrogen (secondary N) is 1. The van der Waals surface area contributed by atoms with E-state index in [9.17, 15) is 4.79 Å². The van der Waals surface area contributed by atoms with Crippen molar-refractivity contribution in [2.45, 2.75) is 0 Å². The molecule has 0 bridgehead atoms. The first-order chi connectivity index (χ1) is 12.7. The maximum Gasteiger partial charge on any atom is 0.255 e. The van der Waals surface area contributed by atoms with Gasteiger partial charge in [-0.15, -0.1) is 0 Å². The van der Waals surface area contributed by atoms with Crippen molar-refractivity contribution in [2.24, 2.45) is 0 Å². The Kier molecular flexibility index (Phi) is 3.96. The number of nitrogens with two attached hydrogens (primary N) is 1. The summed E-state index contributed by atoms with van der Waals surface area (Å²) in [5, 5.41) is 7.19. The van der Waals surface area contributed by atoms with Crippen molar-refractivity contribution in [3.8, 4) is 28.3 Å². The summed E-state index contributed by atoms with van der Waals surface area (Å²) in [5.74, 6) is 1.58. The molecule has 132 valence electrons. The normalized spacial score (nSPS) is 13.3. The Morgan fingerprint density at radius 2 is 2.00 bits per heavy atom. The fourth-order valence-corrected chi connectivity index (χ4v) is 2.90. The van der Waals surface area contributed by atoms with Crippen LogP contribution in [-0.4, -0.2) is 35.9 Å². The number of anilines is 1. The molecule has 7 nitrogen and oxygen atoms in total. The van der Waals surface area contributed by atoms with E-state index in [1.807, 2.05) is 36.5 Å². The molecule has 0 saturated heterocycles. The number of benzene rings is 2.